The smallest absolute Gasteiger partial charge is 0.226 e. The zero-order chi connectivity index (χ0) is 21.1. The normalized spacial score (nSPS) is 11.0. The third kappa shape index (κ3) is 4.71. The number of fused-ring (bicyclic) bond motifs is 1. The summed E-state index contributed by atoms with van der Waals surface area (Å²) in [7, 11) is 0. The molecule has 0 unspecified atom stereocenters. The van der Waals surface area contributed by atoms with E-state index in [-0.39, 0.29) is 5.91 Å². The van der Waals surface area contributed by atoms with Crippen LogP contribution in [0.25, 0.3) is 22.2 Å². The summed E-state index contributed by atoms with van der Waals surface area (Å²) in [6, 6.07) is 16.4. The first-order chi connectivity index (χ1) is 14.5. The fourth-order valence-electron chi connectivity index (χ4n) is 3.39. The van der Waals surface area contributed by atoms with E-state index in [9.17, 15) is 4.79 Å². The Morgan fingerprint density at radius 3 is 2.63 bits per heavy atom. The summed E-state index contributed by atoms with van der Waals surface area (Å²) in [5, 5.41) is 7.67. The Hall–Kier alpha value is -2.70. The number of hydrogen-bond donors (Lipinski definition) is 1. The van der Waals surface area contributed by atoms with Gasteiger partial charge in [-0.1, -0.05) is 42.0 Å². The number of thiazole rings is 1. The van der Waals surface area contributed by atoms with E-state index in [2.05, 4.69) is 49.3 Å². The second-order valence-corrected chi connectivity index (χ2v) is 9.28. The van der Waals surface area contributed by atoms with Crippen molar-refractivity contribution < 1.29 is 4.79 Å². The Morgan fingerprint density at radius 2 is 1.83 bits per heavy atom. The van der Waals surface area contributed by atoms with Crippen molar-refractivity contribution >= 4 is 45.0 Å². The number of aryl methyl sites for hydroxylation is 3. The summed E-state index contributed by atoms with van der Waals surface area (Å²) in [4.78, 5) is 21.7. The van der Waals surface area contributed by atoms with Gasteiger partial charge >= 0.3 is 0 Å². The maximum Gasteiger partial charge on any atom is 0.226 e. The lowest BCUT2D eigenvalue weighted by Crippen LogP contribution is -2.12. The molecule has 0 aliphatic rings. The molecule has 152 valence electrons. The lowest BCUT2D eigenvalue weighted by Gasteiger charge is -2.09. The van der Waals surface area contributed by atoms with E-state index in [0.29, 0.717) is 17.3 Å². The maximum absolute atomic E-state index is 12.3. The van der Waals surface area contributed by atoms with Gasteiger partial charge in [-0.3, -0.25) is 4.79 Å². The third-order valence-corrected chi connectivity index (χ3v) is 6.50. The summed E-state index contributed by atoms with van der Waals surface area (Å²) in [5.74, 6) is 0.645. The van der Waals surface area contributed by atoms with E-state index in [1.165, 1.54) is 33.4 Å². The van der Waals surface area contributed by atoms with Crippen LogP contribution in [0.2, 0.25) is 0 Å². The molecule has 1 amide bonds. The van der Waals surface area contributed by atoms with Gasteiger partial charge in [0.25, 0.3) is 0 Å². The van der Waals surface area contributed by atoms with Gasteiger partial charge in [0, 0.05) is 28.5 Å². The number of rotatable bonds is 6. The average molecular weight is 434 g/mol. The molecule has 0 bridgehead atoms. The van der Waals surface area contributed by atoms with Crippen LogP contribution >= 0.6 is 23.1 Å². The highest BCUT2D eigenvalue weighted by Gasteiger charge is 2.10. The first-order valence-electron chi connectivity index (χ1n) is 9.82. The number of anilines is 1. The van der Waals surface area contributed by atoms with Crippen LogP contribution in [-0.4, -0.2) is 21.6 Å². The van der Waals surface area contributed by atoms with Crippen LogP contribution in [0.15, 0.2) is 58.9 Å². The van der Waals surface area contributed by atoms with E-state index >= 15 is 0 Å². The first-order valence-corrected chi connectivity index (χ1v) is 11.7. The summed E-state index contributed by atoms with van der Waals surface area (Å²) in [6.07, 6.45) is 0.413. The lowest BCUT2D eigenvalue weighted by atomic mass is 10.0. The van der Waals surface area contributed by atoms with Crippen molar-refractivity contribution in [3.05, 3.63) is 70.6 Å². The second kappa shape index (κ2) is 8.98. The van der Waals surface area contributed by atoms with E-state index in [4.69, 9.17) is 4.98 Å². The molecular formula is C24H23N3OS2. The molecule has 0 saturated carbocycles. The molecule has 4 nitrogen and oxygen atoms in total. The fourth-order valence-corrected chi connectivity index (χ4v) is 5.04. The van der Waals surface area contributed by atoms with Crippen LogP contribution in [0.3, 0.4) is 0 Å². The van der Waals surface area contributed by atoms with Gasteiger partial charge in [-0.2, -0.15) is 0 Å². The number of amides is 1. The minimum atomic E-state index is -0.0271. The zero-order valence-electron chi connectivity index (χ0n) is 17.2. The van der Waals surface area contributed by atoms with Crippen molar-refractivity contribution in [3.8, 4) is 11.3 Å². The number of nitrogens with zero attached hydrogens (tertiary/aromatic N) is 2. The zero-order valence-corrected chi connectivity index (χ0v) is 18.9. The van der Waals surface area contributed by atoms with E-state index in [0.717, 1.165) is 21.8 Å². The average Bonchev–Trinajstić information content (AvgIpc) is 3.18. The van der Waals surface area contributed by atoms with Crippen molar-refractivity contribution in [1.29, 1.82) is 0 Å². The Kier molecular flexibility index (Phi) is 6.16. The first kappa shape index (κ1) is 20.6. The SMILES string of the molecule is Cc1cc(C)c2nc(SCCC(=O)Nc3nc(-c4ccccc4)cs3)cc(C)c2c1. The number of benzene rings is 2. The molecule has 1 N–H and O–H groups in total. The molecule has 4 aromatic rings. The van der Waals surface area contributed by atoms with Gasteiger partial charge in [0.15, 0.2) is 5.13 Å². The second-order valence-electron chi connectivity index (χ2n) is 7.31. The van der Waals surface area contributed by atoms with Gasteiger partial charge in [0.05, 0.1) is 16.2 Å². The standard InChI is InChI=1S/C24H23N3OS2/c1-15-11-17(3)23-19(12-15)16(2)13-22(27-23)29-10-9-21(28)26-24-25-20(14-30-24)18-7-5-4-6-8-18/h4-8,11-14H,9-10H2,1-3H3,(H,25,26,28). The van der Waals surface area contributed by atoms with Gasteiger partial charge in [-0.25, -0.2) is 9.97 Å². The number of thioether (sulfide) groups is 1. The summed E-state index contributed by atoms with van der Waals surface area (Å²) < 4.78 is 0. The summed E-state index contributed by atoms with van der Waals surface area (Å²) >= 11 is 3.06. The lowest BCUT2D eigenvalue weighted by molar-refractivity contribution is -0.115. The van der Waals surface area contributed by atoms with Crippen molar-refractivity contribution in [2.75, 3.05) is 11.1 Å². The molecule has 0 saturated heterocycles. The minimum absolute atomic E-state index is 0.0271. The molecule has 0 atom stereocenters. The molecule has 0 aliphatic carbocycles. The Balaban J connectivity index is 1.35. The number of nitrogens with one attached hydrogen (secondary N) is 1. The summed E-state index contributed by atoms with van der Waals surface area (Å²) in [5.41, 5.74) is 6.63. The van der Waals surface area contributed by atoms with Gasteiger partial charge in [-0.05, 0) is 44.0 Å². The molecule has 4 rings (SSSR count). The van der Waals surface area contributed by atoms with Crippen LogP contribution in [0, 0.1) is 20.8 Å². The molecule has 6 heteroatoms. The highest BCUT2D eigenvalue weighted by Crippen LogP contribution is 2.28. The van der Waals surface area contributed by atoms with Crippen LogP contribution in [0.4, 0.5) is 5.13 Å². The Labute approximate surface area is 184 Å². The third-order valence-electron chi connectivity index (χ3n) is 4.83. The fraction of sp³-hybridized carbons (Fsp3) is 0.208. The number of hydrogen-bond acceptors (Lipinski definition) is 5. The van der Waals surface area contributed by atoms with Crippen LogP contribution in [0.1, 0.15) is 23.1 Å². The van der Waals surface area contributed by atoms with E-state index in [1.807, 2.05) is 35.7 Å². The Bertz CT molecular complexity index is 1200. The highest BCUT2D eigenvalue weighted by atomic mass is 32.2. The molecular weight excluding hydrogens is 410 g/mol. The van der Waals surface area contributed by atoms with Gasteiger partial charge in [0.1, 0.15) is 0 Å². The van der Waals surface area contributed by atoms with Gasteiger partial charge in [0.2, 0.25) is 5.91 Å². The maximum atomic E-state index is 12.3. The van der Waals surface area contributed by atoms with Crippen molar-refractivity contribution in [1.82, 2.24) is 9.97 Å². The Morgan fingerprint density at radius 1 is 1.03 bits per heavy atom. The molecule has 0 fully saturated rings. The number of aromatic nitrogens is 2. The predicted octanol–water partition coefficient (Wildman–Crippen LogP) is 6.40. The van der Waals surface area contributed by atoms with Crippen LogP contribution in [0.5, 0.6) is 0 Å². The molecule has 30 heavy (non-hydrogen) atoms. The predicted molar refractivity (Wildman–Crippen MR) is 127 cm³/mol. The van der Waals surface area contributed by atoms with Crippen molar-refractivity contribution in [2.24, 2.45) is 0 Å². The molecule has 2 aromatic heterocycles. The van der Waals surface area contributed by atoms with Crippen LogP contribution < -0.4 is 5.32 Å². The van der Waals surface area contributed by atoms with E-state index in [1.54, 1.807) is 11.8 Å². The van der Waals surface area contributed by atoms with Gasteiger partial charge in [-0.15, -0.1) is 23.1 Å². The molecule has 0 aliphatic heterocycles. The van der Waals surface area contributed by atoms with E-state index < -0.39 is 0 Å². The highest BCUT2D eigenvalue weighted by molar-refractivity contribution is 7.99. The molecule has 2 heterocycles. The molecule has 2 aromatic carbocycles. The monoisotopic (exact) mass is 433 g/mol. The largest absolute Gasteiger partial charge is 0.302 e. The number of carbonyl (C=O) groups is 1. The van der Waals surface area contributed by atoms with Crippen molar-refractivity contribution in [2.45, 2.75) is 32.2 Å². The molecule has 0 spiro atoms. The van der Waals surface area contributed by atoms with Crippen LogP contribution in [-0.2, 0) is 4.79 Å². The van der Waals surface area contributed by atoms with Gasteiger partial charge < -0.3 is 5.32 Å². The molecule has 0 radical (unpaired) electrons. The minimum Gasteiger partial charge on any atom is -0.302 e. The quantitative estimate of drug-likeness (QED) is 0.357. The number of carbonyl (C=O) groups excluding carboxylic acids is 1. The topological polar surface area (TPSA) is 54.9 Å². The number of pyridine rings is 1. The van der Waals surface area contributed by atoms with Crippen molar-refractivity contribution in [3.63, 3.8) is 0 Å². The summed E-state index contributed by atoms with van der Waals surface area (Å²) in [6.45, 7) is 6.33.